The van der Waals surface area contributed by atoms with Crippen LogP contribution in [0.2, 0.25) is 0 Å². The quantitative estimate of drug-likeness (QED) is 0.421. The lowest BCUT2D eigenvalue weighted by molar-refractivity contribution is 0.292. The zero-order valence-electron chi connectivity index (χ0n) is 9.64. The van der Waals surface area contributed by atoms with Gasteiger partial charge in [0.05, 0.1) is 0 Å². The second kappa shape index (κ2) is 11.1. The van der Waals surface area contributed by atoms with Crippen LogP contribution in [0.15, 0.2) is 12.2 Å². The van der Waals surface area contributed by atoms with Gasteiger partial charge in [-0.25, -0.2) is 0 Å². The molecular weight excluding hydrogens is 194 g/mol. The first kappa shape index (κ1) is 14.0. The van der Waals surface area contributed by atoms with E-state index in [2.05, 4.69) is 24.8 Å². The average molecular weight is 218 g/mol. The van der Waals surface area contributed by atoms with Gasteiger partial charge in [0.2, 0.25) is 0 Å². The van der Waals surface area contributed by atoms with Crippen molar-refractivity contribution in [1.82, 2.24) is 4.90 Å². The van der Waals surface area contributed by atoms with Crippen LogP contribution < -0.4 is 0 Å². The number of unbranched alkanes of at least 4 members (excludes halogenated alkanes) is 2. The van der Waals surface area contributed by atoms with Crippen LogP contribution in [0.4, 0.5) is 0 Å². The van der Waals surface area contributed by atoms with Crippen molar-refractivity contribution < 1.29 is 0 Å². The summed E-state index contributed by atoms with van der Waals surface area (Å²) in [4.78, 5) is 2.51. The highest BCUT2D eigenvalue weighted by Crippen LogP contribution is 1.99. The Balaban J connectivity index is 3.65. The molecule has 0 aliphatic heterocycles. The van der Waals surface area contributed by atoms with Crippen LogP contribution in [-0.2, 0) is 0 Å². The van der Waals surface area contributed by atoms with Crippen LogP contribution in [0.5, 0.6) is 0 Å². The SMILES string of the molecule is CCCCN(C/C=C/CCl)CCCC. The molecule has 0 saturated heterocycles. The average Bonchev–Trinajstić information content (AvgIpc) is 2.21. The van der Waals surface area contributed by atoms with E-state index in [-0.39, 0.29) is 0 Å². The first-order chi connectivity index (χ1) is 6.85. The van der Waals surface area contributed by atoms with Crippen molar-refractivity contribution in [1.29, 1.82) is 0 Å². The van der Waals surface area contributed by atoms with Gasteiger partial charge < -0.3 is 0 Å². The maximum Gasteiger partial charge on any atom is 0.0404 e. The number of hydrogen-bond acceptors (Lipinski definition) is 1. The predicted octanol–water partition coefficient (Wildman–Crippen LogP) is 3.68. The third-order valence-electron chi connectivity index (χ3n) is 2.28. The molecule has 84 valence electrons. The summed E-state index contributed by atoms with van der Waals surface area (Å²) in [6.45, 7) is 8.00. The van der Waals surface area contributed by atoms with E-state index in [0.29, 0.717) is 5.88 Å². The van der Waals surface area contributed by atoms with E-state index in [1.165, 1.54) is 38.8 Å². The number of rotatable bonds is 9. The molecule has 0 saturated carbocycles. The monoisotopic (exact) mass is 217 g/mol. The summed E-state index contributed by atoms with van der Waals surface area (Å²) in [5.74, 6) is 0.634. The van der Waals surface area contributed by atoms with Gasteiger partial charge in [0.15, 0.2) is 0 Å². The van der Waals surface area contributed by atoms with Gasteiger partial charge in [-0.05, 0) is 25.9 Å². The van der Waals surface area contributed by atoms with E-state index in [0.717, 1.165) is 6.54 Å². The van der Waals surface area contributed by atoms with Crippen molar-refractivity contribution in [2.24, 2.45) is 0 Å². The second-order valence-corrected chi connectivity index (χ2v) is 3.94. The molecule has 0 atom stereocenters. The normalized spacial score (nSPS) is 11.7. The van der Waals surface area contributed by atoms with Gasteiger partial charge in [-0.3, -0.25) is 4.90 Å². The molecule has 0 aromatic carbocycles. The molecule has 0 bridgehead atoms. The summed E-state index contributed by atoms with van der Waals surface area (Å²) in [6, 6.07) is 0. The summed E-state index contributed by atoms with van der Waals surface area (Å²) in [7, 11) is 0. The molecule has 0 heterocycles. The Morgan fingerprint density at radius 2 is 1.57 bits per heavy atom. The van der Waals surface area contributed by atoms with Crippen LogP contribution in [-0.4, -0.2) is 30.4 Å². The van der Waals surface area contributed by atoms with E-state index in [9.17, 15) is 0 Å². The first-order valence-electron chi connectivity index (χ1n) is 5.78. The highest BCUT2D eigenvalue weighted by molar-refractivity contribution is 6.18. The number of alkyl halides is 1. The summed E-state index contributed by atoms with van der Waals surface area (Å²) < 4.78 is 0. The molecule has 0 rings (SSSR count). The van der Waals surface area contributed by atoms with Crippen molar-refractivity contribution in [3.63, 3.8) is 0 Å². The molecule has 0 amide bonds. The van der Waals surface area contributed by atoms with Crippen LogP contribution in [0.3, 0.4) is 0 Å². The van der Waals surface area contributed by atoms with E-state index < -0.39 is 0 Å². The fraction of sp³-hybridized carbons (Fsp3) is 0.833. The molecule has 0 aromatic rings. The maximum atomic E-state index is 5.59. The third-order valence-corrected chi connectivity index (χ3v) is 2.45. The number of nitrogens with zero attached hydrogens (tertiary/aromatic N) is 1. The zero-order chi connectivity index (χ0) is 10.6. The zero-order valence-corrected chi connectivity index (χ0v) is 10.4. The van der Waals surface area contributed by atoms with Crippen LogP contribution in [0, 0.1) is 0 Å². The summed E-state index contributed by atoms with van der Waals surface area (Å²) in [6.07, 6.45) is 9.38. The van der Waals surface area contributed by atoms with Gasteiger partial charge in [-0.15, -0.1) is 11.6 Å². The van der Waals surface area contributed by atoms with Gasteiger partial charge in [0.1, 0.15) is 0 Å². The van der Waals surface area contributed by atoms with Gasteiger partial charge in [0, 0.05) is 12.4 Å². The molecule has 0 spiro atoms. The summed E-state index contributed by atoms with van der Waals surface area (Å²) >= 11 is 5.59. The molecule has 0 fully saturated rings. The first-order valence-corrected chi connectivity index (χ1v) is 6.31. The Labute approximate surface area is 94.1 Å². The van der Waals surface area contributed by atoms with Crippen molar-refractivity contribution in [3.05, 3.63) is 12.2 Å². The highest BCUT2D eigenvalue weighted by atomic mass is 35.5. The second-order valence-electron chi connectivity index (χ2n) is 3.63. The molecular formula is C12H24ClN. The summed E-state index contributed by atoms with van der Waals surface area (Å²) in [5, 5.41) is 0. The molecule has 0 aliphatic carbocycles. The lowest BCUT2D eigenvalue weighted by atomic mass is 10.2. The van der Waals surface area contributed by atoms with Gasteiger partial charge in [0.25, 0.3) is 0 Å². The Morgan fingerprint density at radius 3 is 2.00 bits per heavy atom. The Bertz CT molecular complexity index is 126. The molecule has 0 unspecified atom stereocenters. The number of allylic oxidation sites excluding steroid dienone is 1. The van der Waals surface area contributed by atoms with Gasteiger partial charge >= 0.3 is 0 Å². The fourth-order valence-corrected chi connectivity index (χ4v) is 1.47. The largest absolute Gasteiger partial charge is 0.300 e. The lowest BCUT2D eigenvalue weighted by Crippen LogP contribution is -2.26. The van der Waals surface area contributed by atoms with Gasteiger partial charge in [-0.2, -0.15) is 0 Å². The van der Waals surface area contributed by atoms with Crippen molar-refractivity contribution in [2.75, 3.05) is 25.5 Å². The minimum atomic E-state index is 0.634. The molecule has 0 N–H and O–H groups in total. The van der Waals surface area contributed by atoms with Crippen molar-refractivity contribution in [3.8, 4) is 0 Å². The summed E-state index contributed by atoms with van der Waals surface area (Å²) in [5.41, 5.74) is 0. The van der Waals surface area contributed by atoms with Crippen molar-refractivity contribution >= 4 is 11.6 Å². The van der Waals surface area contributed by atoms with E-state index in [1.54, 1.807) is 0 Å². The van der Waals surface area contributed by atoms with Crippen LogP contribution >= 0.6 is 11.6 Å². The molecule has 2 heteroatoms. The van der Waals surface area contributed by atoms with E-state index in [1.807, 2.05) is 6.08 Å². The standard InChI is InChI=1S/C12H24ClN/c1-3-5-10-14(11-6-4-2)12-8-7-9-13/h7-8H,3-6,9-12H2,1-2H3/b8-7+. The predicted molar refractivity (Wildman–Crippen MR) is 66.1 cm³/mol. The minimum absolute atomic E-state index is 0.634. The van der Waals surface area contributed by atoms with Gasteiger partial charge in [-0.1, -0.05) is 38.8 Å². The topological polar surface area (TPSA) is 3.24 Å². The van der Waals surface area contributed by atoms with E-state index >= 15 is 0 Å². The van der Waals surface area contributed by atoms with Crippen LogP contribution in [0.25, 0.3) is 0 Å². The Hall–Kier alpha value is -0.0100. The smallest absolute Gasteiger partial charge is 0.0404 e. The minimum Gasteiger partial charge on any atom is -0.300 e. The van der Waals surface area contributed by atoms with Crippen molar-refractivity contribution in [2.45, 2.75) is 39.5 Å². The molecule has 0 aliphatic rings. The van der Waals surface area contributed by atoms with Crippen LogP contribution in [0.1, 0.15) is 39.5 Å². The molecule has 0 aromatic heterocycles. The highest BCUT2D eigenvalue weighted by Gasteiger charge is 2.00. The Kier molecular flexibility index (Phi) is 11.1. The number of hydrogen-bond donors (Lipinski definition) is 0. The fourth-order valence-electron chi connectivity index (χ4n) is 1.34. The Morgan fingerprint density at radius 1 is 1.00 bits per heavy atom. The van der Waals surface area contributed by atoms with E-state index in [4.69, 9.17) is 11.6 Å². The molecule has 0 radical (unpaired) electrons. The maximum absolute atomic E-state index is 5.59. The molecule has 1 nitrogen and oxygen atoms in total. The number of halogens is 1. The molecule has 14 heavy (non-hydrogen) atoms. The lowest BCUT2D eigenvalue weighted by Gasteiger charge is -2.19. The third kappa shape index (κ3) is 8.58.